The molecule has 0 bridgehead atoms. The lowest BCUT2D eigenvalue weighted by Gasteiger charge is -2.26. The van der Waals surface area contributed by atoms with Crippen molar-refractivity contribution in [3.63, 3.8) is 0 Å². The van der Waals surface area contributed by atoms with Crippen molar-refractivity contribution < 1.29 is 26.7 Å². The van der Waals surface area contributed by atoms with Gasteiger partial charge in [-0.2, -0.15) is 22.0 Å². The molecule has 1 unspecified atom stereocenters. The van der Waals surface area contributed by atoms with Crippen LogP contribution in [0.5, 0.6) is 0 Å². The molecule has 1 atom stereocenters. The molecule has 0 aromatic carbocycles. The average Bonchev–Trinajstić information content (AvgIpc) is 2.76. The largest absolute Gasteiger partial charge is 0.463 e. The molecule has 0 heterocycles. The summed E-state index contributed by atoms with van der Waals surface area (Å²) in [5.41, 5.74) is 5.31. The number of carbonyl (C=O) groups is 1. The first-order valence-corrected chi connectivity index (χ1v) is 5.65. The van der Waals surface area contributed by atoms with Gasteiger partial charge in [0.2, 0.25) is 0 Å². The maximum absolute atomic E-state index is 12.7. The van der Waals surface area contributed by atoms with Crippen molar-refractivity contribution in [2.75, 3.05) is 6.54 Å². The van der Waals surface area contributed by atoms with E-state index in [1.54, 1.807) is 5.32 Å². The third-order valence-corrected chi connectivity index (χ3v) is 3.18. The average molecular weight is 274 g/mol. The molecular weight excluding hydrogens is 259 g/mol. The van der Waals surface area contributed by atoms with E-state index < -0.39 is 24.0 Å². The van der Waals surface area contributed by atoms with Gasteiger partial charge in [-0.25, -0.2) is 0 Å². The molecule has 0 saturated heterocycles. The van der Waals surface area contributed by atoms with Gasteiger partial charge in [0.15, 0.2) is 0 Å². The smallest absolute Gasteiger partial charge is 0.346 e. The highest BCUT2D eigenvalue weighted by atomic mass is 19.4. The molecule has 0 radical (unpaired) electrons. The predicted octanol–water partition coefficient (Wildman–Crippen LogP) is 1.82. The van der Waals surface area contributed by atoms with Crippen molar-refractivity contribution in [2.45, 2.75) is 43.8 Å². The van der Waals surface area contributed by atoms with E-state index in [1.807, 2.05) is 0 Å². The van der Waals surface area contributed by atoms with Gasteiger partial charge in [-0.3, -0.25) is 4.79 Å². The fraction of sp³-hybridized carbons (Fsp3) is 0.900. The van der Waals surface area contributed by atoms with Crippen LogP contribution in [-0.4, -0.2) is 30.6 Å². The molecular formula is C10H15F5N2O. The molecule has 1 amide bonds. The van der Waals surface area contributed by atoms with Crippen LogP contribution in [0.1, 0.15) is 25.7 Å². The van der Waals surface area contributed by atoms with Gasteiger partial charge in [-0.15, -0.1) is 0 Å². The third kappa shape index (κ3) is 3.09. The first-order chi connectivity index (χ1) is 8.20. The van der Waals surface area contributed by atoms with Crippen LogP contribution in [0.2, 0.25) is 0 Å². The van der Waals surface area contributed by atoms with Crippen LogP contribution in [0.3, 0.4) is 0 Å². The van der Waals surface area contributed by atoms with E-state index in [9.17, 15) is 26.7 Å². The lowest BCUT2D eigenvalue weighted by molar-refractivity contribution is -0.270. The lowest BCUT2D eigenvalue weighted by atomic mass is 9.98. The summed E-state index contributed by atoms with van der Waals surface area (Å²) in [6, 6.07) is -0.826. The van der Waals surface area contributed by atoms with E-state index in [0.29, 0.717) is 12.8 Å². The molecule has 0 aliphatic heterocycles. The van der Waals surface area contributed by atoms with Gasteiger partial charge in [0.25, 0.3) is 0 Å². The number of alkyl halides is 5. The number of halogens is 5. The van der Waals surface area contributed by atoms with Crippen molar-refractivity contribution in [3.8, 4) is 0 Å². The number of nitrogens with one attached hydrogen (secondary N) is 1. The van der Waals surface area contributed by atoms with Gasteiger partial charge in [0, 0.05) is 12.6 Å². The number of nitrogens with two attached hydrogens (primary N) is 1. The number of hydrogen-bond donors (Lipinski definition) is 2. The molecule has 0 spiro atoms. The van der Waals surface area contributed by atoms with Crippen LogP contribution in [0, 0.1) is 5.92 Å². The van der Waals surface area contributed by atoms with Gasteiger partial charge < -0.3 is 11.1 Å². The zero-order valence-electron chi connectivity index (χ0n) is 9.57. The summed E-state index contributed by atoms with van der Waals surface area (Å²) in [5, 5.41) is 1.72. The standard InChI is InChI=1S/C10H15F5N2O/c11-9(12,10(13,14)15)8(18)17-7(5-16)6-3-1-2-4-6/h6-7H,1-5,16H2,(H,17,18). The van der Waals surface area contributed by atoms with Gasteiger partial charge in [-0.1, -0.05) is 12.8 Å². The normalized spacial score (nSPS) is 19.9. The second kappa shape index (κ2) is 5.38. The monoisotopic (exact) mass is 274 g/mol. The van der Waals surface area contributed by atoms with Crippen molar-refractivity contribution in [3.05, 3.63) is 0 Å². The summed E-state index contributed by atoms with van der Waals surface area (Å²) in [4.78, 5) is 11.0. The maximum atomic E-state index is 12.7. The molecule has 1 saturated carbocycles. The van der Waals surface area contributed by atoms with Gasteiger partial charge in [0.1, 0.15) is 0 Å². The number of hydrogen-bond acceptors (Lipinski definition) is 2. The number of amides is 1. The molecule has 3 N–H and O–H groups in total. The summed E-state index contributed by atoms with van der Waals surface area (Å²) < 4.78 is 61.4. The van der Waals surface area contributed by atoms with Crippen LogP contribution >= 0.6 is 0 Å². The van der Waals surface area contributed by atoms with Crippen molar-refractivity contribution in [2.24, 2.45) is 11.7 Å². The first kappa shape index (κ1) is 15.1. The van der Waals surface area contributed by atoms with Crippen LogP contribution < -0.4 is 11.1 Å². The van der Waals surface area contributed by atoms with Gasteiger partial charge in [0.05, 0.1) is 0 Å². The Morgan fingerprint density at radius 3 is 2.11 bits per heavy atom. The Morgan fingerprint density at radius 1 is 1.22 bits per heavy atom. The molecule has 106 valence electrons. The molecule has 1 fully saturated rings. The Labute approximate surface area is 101 Å². The highest BCUT2D eigenvalue weighted by Gasteiger charge is 2.63. The molecule has 8 heteroatoms. The molecule has 3 nitrogen and oxygen atoms in total. The summed E-state index contributed by atoms with van der Waals surface area (Å²) in [7, 11) is 0. The molecule has 0 aromatic heterocycles. The Kier molecular flexibility index (Phi) is 4.52. The van der Waals surface area contributed by atoms with Crippen LogP contribution in [0.4, 0.5) is 22.0 Å². The van der Waals surface area contributed by atoms with E-state index in [4.69, 9.17) is 5.73 Å². The van der Waals surface area contributed by atoms with E-state index in [0.717, 1.165) is 12.8 Å². The number of carbonyl (C=O) groups excluding carboxylic acids is 1. The summed E-state index contributed by atoms with van der Waals surface area (Å²) in [6.07, 6.45) is -2.79. The molecule has 18 heavy (non-hydrogen) atoms. The van der Waals surface area contributed by atoms with E-state index in [-0.39, 0.29) is 12.5 Å². The SMILES string of the molecule is NCC(NC(=O)C(F)(F)C(F)(F)F)C1CCCC1. The molecule has 1 rings (SSSR count). The van der Waals surface area contributed by atoms with E-state index >= 15 is 0 Å². The minimum absolute atomic E-state index is 0.122. The van der Waals surface area contributed by atoms with Gasteiger partial charge >= 0.3 is 18.0 Å². The van der Waals surface area contributed by atoms with Gasteiger partial charge in [-0.05, 0) is 18.8 Å². The Balaban J connectivity index is 2.67. The highest BCUT2D eigenvalue weighted by Crippen LogP contribution is 2.36. The zero-order chi connectivity index (χ0) is 14.0. The quantitative estimate of drug-likeness (QED) is 0.768. The Bertz CT molecular complexity index is 299. The number of rotatable bonds is 4. The summed E-state index contributed by atoms with van der Waals surface area (Å²) in [6.45, 7) is -0.148. The maximum Gasteiger partial charge on any atom is 0.463 e. The minimum atomic E-state index is -5.88. The zero-order valence-corrected chi connectivity index (χ0v) is 9.57. The van der Waals surface area contributed by atoms with Crippen LogP contribution in [0.25, 0.3) is 0 Å². The Morgan fingerprint density at radius 2 is 1.72 bits per heavy atom. The second-order valence-corrected chi connectivity index (χ2v) is 4.43. The summed E-state index contributed by atoms with van der Waals surface area (Å²) in [5.74, 6) is -7.82. The topological polar surface area (TPSA) is 55.1 Å². The first-order valence-electron chi connectivity index (χ1n) is 5.65. The van der Waals surface area contributed by atoms with Crippen LogP contribution in [0.15, 0.2) is 0 Å². The van der Waals surface area contributed by atoms with E-state index in [1.165, 1.54) is 0 Å². The third-order valence-electron chi connectivity index (χ3n) is 3.18. The minimum Gasteiger partial charge on any atom is -0.346 e. The van der Waals surface area contributed by atoms with Crippen molar-refractivity contribution in [1.82, 2.24) is 5.32 Å². The fourth-order valence-electron chi connectivity index (χ4n) is 2.12. The summed E-state index contributed by atoms with van der Waals surface area (Å²) >= 11 is 0. The predicted molar refractivity (Wildman–Crippen MR) is 53.9 cm³/mol. The molecule has 1 aliphatic rings. The van der Waals surface area contributed by atoms with Crippen molar-refractivity contribution >= 4 is 5.91 Å². The molecule has 0 aromatic rings. The Hall–Kier alpha value is -0.920. The lowest BCUT2D eigenvalue weighted by Crippen LogP contribution is -2.55. The van der Waals surface area contributed by atoms with Crippen molar-refractivity contribution in [1.29, 1.82) is 0 Å². The second-order valence-electron chi connectivity index (χ2n) is 4.43. The highest BCUT2D eigenvalue weighted by molar-refractivity contribution is 5.84. The fourth-order valence-corrected chi connectivity index (χ4v) is 2.12. The van der Waals surface area contributed by atoms with Crippen LogP contribution in [-0.2, 0) is 4.79 Å². The van der Waals surface area contributed by atoms with E-state index in [2.05, 4.69) is 0 Å². The molecule has 1 aliphatic carbocycles.